The highest BCUT2D eigenvalue weighted by molar-refractivity contribution is 5.96. The second kappa shape index (κ2) is 9.49. The van der Waals surface area contributed by atoms with E-state index in [-0.39, 0.29) is 0 Å². The summed E-state index contributed by atoms with van der Waals surface area (Å²) in [5, 5.41) is 11.2. The van der Waals surface area contributed by atoms with E-state index in [0.717, 1.165) is 16.7 Å². The molecule has 188 valence electrons. The Morgan fingerprint density at radius 2 is 1.89 bits per heavy atom. The van der Waals surface area contributed by atoms with Gasteiger partial charge in [0.2, 0.25) is 5.79 Å². The molecular formula is C27H30N4O5. The molecule has 0 saturated carbocycles. The van der Waals surface area contributed by atoms with Crippen LogP contribution < -0.4 is 10.1 Å². The maximum absolute atomic E-state index is 12.8. The van der Waals surface area contributed by atoms with Gasteiger partial charge in [-0.3, -0.25) is 0 Å². The number of alkyl carbamates (subject to hydrolysis) is 1. The number of ether oxygens (including phenoxy) is 3. The molecule has 1 aromatic heterocycles. The predicted octanol–water partition coefficient (Wildman–Crippen LogP) is 4.95. The van der Waals surface area contributed by atoms with Crippen LogP contribution in [-0.2, 0) is 22.6 Å². The summed E-state index contributed by atoms with van der Waals surface area (Å²) in [5.74, 6) is -1.05. The number of aromatic nitrogens is 3. The van der Waals surface area contributed by atoms with Gasteiger partial charge >= 0.3 is 12.1 Å². The van der Waals surface area contributed by atoms with Gasteiger partial charge in [-0.1, -0.05) is 54.3 Å². The van der Waals surface area contributed by atoms with E-state index in [9.17, 15) is 9.59 Å². The number of hydrogen-bond acceptors (Lipinski definition) is 7. The molecule has 1 amide bonds. The molecule has 2 aromatic carbocycles. The normalized spacial score (nSPS) is 14.3. The zero-order chi connectivity index (χ0) is 26.1. The SMILES string of the molecule is C=Cc1ccc(Cn2cc(-c3ccc(CNC(=O)OC(C)(C)C)cc3)nn2)c2c1OC(C)(C)OC2=O. The van der Waals surface area contributed by atoms with Gasteiger partial charge in [0.25, 0.3) is 0 Å². The van der Waals surface area contributed by atoms with Gasteiger partial charge in [0.05, 0.1) is 12.7 Å². The molecule has 0 spiro atoms. The molecule has 1 aliphatic heterocycles. The summed E-state index contributed by atoms with van der Waals surface area (Å²) in [4.78, 5) is 24.6. The summed E-state index contributed by atoms with van der Waals surface area (Å²) in [5.41, 5.74) is 3.72. The number of nitrogens with one attached hydrogen (secondary N) is 1. The van der Waals surface area contributed by atoms with E-state index in [0.29, 0.717) is 35.7 Å². The molecule has 0 bridgehead atoms. The Labute approximate surface area is 210 Å². The number of rotatable bonds is 6. The van der Waals surface area contributed by atoms with Gasteiger partial charge in [-0.15, -0.1) is 5.10 Å². The van der Waals surface area contributed by atoms with Crippen molar-refractivity contribution in [2.24, 2.45) is 0 Å². The molecule has 2 heterocycles. The van der Waals surface area contributed by atoms with E-state index < -0.39 is 23.5 Å². The monoisotopic (exact) mass is 490 g/mol. The van der Waals surface area contributed by atoms with Crippen LogP contribution in [0.15, 0.2) is 49.2 Å². The Bertz CT molecular complexity index is 1300. The zero-order valence-electron chi connectivity index (χ0n) is 21.1. The van der Waals surface area contributed by atoms with Crippen LogP contribution in [0.4, 0.5) is 4.79 Å². The van der Waals surface area contributed by atoms with Crippen LogP contribution in [0.5, 0.6) is 5.75 Å². The second-order valence-corrected chi connectivity index (χ2v) is 9.97. The summed E-state index contributed by atoms with van der Waals surface area (Å²) in [6, 6.07) is 11.3. The molecule has 0 saturated heterocycles. The first-order valence-electron chi connectivity index (χ1n) is 11.6. The molecule has 1 N–H and O–H groups in total. The molecule has 1 aliphatic rings. The van der Waals surface area contributed by atoms with E-state index in [1.807, 2.05) is 57.2 Å². The number of hydrogen-bond donors (Lipinski definition) is 1. The van der Waals surface area contributed by atoms with Gasteiger partial charge in [0, 0.05) is 31.5 Å². The fourth-order valence-corrected chi connectivity index (χ4v) is 3.77. The van der Waals surface area contributed by atoms with Gasteiger partial charge in [0.1, 0.15) is 22.6 Å². The number of carbonyl (C=O) groups excluding carboxylic acids is 2. The van der Waals surface area contributed by atoms with Gasteiger partial charge in [-0.05, 0) is 31.9 Å². The molecule has 9 nitrogen and oxygen atoms in total. The number of carbonyl (C=O) groups is 2. The van der Waals surface area contributed by atoms with Crippen molar-refractivity contribution in [3.8, 4) is 17.0 Å². The minimum absolute atomic E-state index is 0.309. The highest BCUT2D eigenvalue weighted by atomic mass is 16.7. The van der Waals surface area contributed by atoms with Crippen molar-refractivity contribution in [2.45, 2.75) is 59.1 Å². The molecule has 0 aliphatic carbocycles. The summed E-state index contributed by atoms with van der Waals surface area (Å²) in [6.45, 7) is 13.3. The lowest BCUT2D eigenvalue weighted by molar-refractivity contribution is -0.127. The smallest absolute Gasteiger partial charge is 0.407 e. The molecule has 0 atom stereocenters. The molecule has 0 radical (unpaired) electrons. The lowest BCUT2D eigenvalue weighted by atomic mass is 10.0. The van der Waals surface area contributed by atoms with Gasteiger partial charge in [-0.25, -0.2) is 14.3 Å². The Morgan fingerprint density at radius 3 is 2.56 bits per heavy atom. The Balaban J connectivity index is 1.47. The molecule has 9 heteroatoms. The van der Waals surface area contributed by atoms with E-state index in [1.54, 1.807) is 30.8 Å². The van der Waals surface area contributed by atoms with Crippen LogP contribution in [0.2, 0.25) is 0 Å². The lowest BCUT2D eigenvalue weighted by Crippen LogP contribution is -2.39. The van der Waals surface area contributed by atoms with Crippen LogP contribution in [0.1, 0.15) is 61.7 Å². The summed E-state index contributed by atoms with van der Waals surface area (Å²) < 4.78 is 18.3. The first-order chi connectivity index (χ1) is 16.9. The maximum Gasteiger partial charge on any atom is 0.407 e. The highest BCUT2D eigenvalue weighted by Crippen LogP contribution is 2.37. The van der Waals surface area contributed by atoms with Crippen LogP contribution in [0.25, 0.3) is 17.3 Å². The fourth-order valence-electron chi connectivity index (χ4n) is 3.77. The largest absolute Gasteiger partial charge is 0.451 e. The fraction of sp³-hybridized carbons (Fsp3) is 0.333. The first kappa shape index (κ1) is 25.0. The van der Waals surface area contributed by atoms with E-state index >= 15 is 0 Å². The number of esters is 1. The molecule has 3 aromatic rings. The first-order valence-corrected chi connectivity index (χ1v) is 11.6. The molecular weight excluding hydrogens is 460 g/mol. The molecule has 0 fully saturated rings. The Hall–Kier alpha value is -4.14. The van der Waals surface area contributed by atoms with Crippen LogP contribution in [0, 0.1) is 0 Å². The third kappa shape index (κ3) is 5.73. The van der Waals surface area contributed by atoms with Crippen molar-refractivity contribution in [2.75, 3.05) is 0 Å². The van der Waals surface area contributed by atoms with Gasteiger partial charge in [0.15, 0.2) is 0 Å². The van der Waals surface area contributed by atoms with Crippen molar-refractivity contribution in [1.29, 1.82) is 0 Å². The summed E-state index contributed by atoms with van der Waals surface area (Å²) >= 11 is 0. The van der Waals surface area contributed by atoms with E-state index in [2.05, 4.69) is 22.2 Å². The van der Waals surface area contributed by atoms with Crippen LogP contribution >= 0.6 is 0 Å². The van der Waals surface area contributed by atoms with Crippen molar-refractivity contribution >= 4 is 18.1 Å². The Kier molecular flexibility index (Phi) is 6.58. The number of nitrogens with zero attached hydrogens (tertiary/aromatic N) is 3. The zero-order valence-corrected chi connectivity index (χ0v) is 21.1. The average molecular weight is 491 g/mol. The number of amides is 1. The van der Waals surface area contributed by atoms with Gasteiger partial charge in [-0.2, -0.15) is 0 Å². The summed E-state index contributed by atoms with van der Waals surface area (Å²) in [7, 11) is 0. The van der Waals surface area contributed by atoms with E-state index in [1.165, 1.54) is 0 Å². The van der Waals surface area contributed by atoms with E-state index in [4.69, 9.17) is 14.2 Å². The number of cyclic esters (lactones) is 1. The standard InChI is InChI=1S/C27H30N4O5/c1-7-18-12-13-20(22-23(18)34-27(5,6)35-24(22)32)15-31-16-21(29-30-31)19-10-8-17(9-11-19)14-28-25(33)36-26(2,3)4/h7-13,16H,1,14-15H2,2-6H3,(H,28,33). The average Bonchev–Trinajstić information content (AvgIpc) is 3.24. The quantitative estimate of drug-likeness (QED) is 0.488. The third-order valence-corrected chi connectivity index (χ3v) is 5.34. The molecule has 4 rings (SSSR count). The van der Waals surface area contributed by atoms with Crippen molar-refractivity contribution < 1.29 is 23.8 Å². The number of fused-ring (bicyclic) bond motifs is 1. The van der Waals surface area contributed by atoms with Crippen molar-refractivity contribution in [3.63, 3.8) is 0 Å². The van der Waals surface area contributed by atoms with Crippen molar-refractivity contribution in [1.82, 2.24) is 20.3 Å². The van der Waals surface area contributed by atoms with Crippen LogP contribution in [-0.4, -0.2) is 38.4 Å². The van der Waals surface area contributed by atoms with Crippen molar-refractivity contribution in [3.05, 3.63) is 71.4 Å². The Morgan fingerprint density at radius 1 is 1.17 bits per heavy atom. The van der Waals surface area contributed by atoms with Crippen LogP contribution in [0.3, 0.4) is 0 Å². The highest BCUT2D eigenvalue weighted by Gasteiger charge is 2.36. The summed E-state index contributed by atoms with van der Waals surface area (Å²) in [6.07, 6.45) is 2.99. The third-order valence-electron chi connectivity index (χ3n) is 5.34. The molecule has 0 unspecified atom stereocenters. The minimum Gasteiger partial charge on any atom is -0.451 e. The van der Waals surface area contributed by atoms with Gasteiger partial charge < -0.3 is 19.5 Å². The second-order valence-electron chi connectivity index (χ2n) is 9.97. The lowest BCUT2D eigenvalue weighted by Gasteiger charge is -2.33. The topological polar surface area (TPSA) is 105 Å². The maximum atomic E-state index is 12.8. The minimum atomic E-state index is -1.06. The predicted molar refractivity (Wildman–Crippen MR) is 134 cm³/mol. The molecule has 36 heavy (non-hydrogen) atoms. The number of benzene rings is 2.